The van der Waals surface area contributed by atoms with E-state index in [0.717, 1.165) is 9.13 Å². The van der Waals surface area contributed by atoms with E-state index in [1.807, 2.05) is 19.1 Å². The van der Waals surface area contributed by atoms with Crippen LogP contribution in [0.1, 0.15) is 5.56 Å². The lowest BCUT2D eigenvalue weighted by Crippen LogP contribution is -2.40. The van der Waals surface area contributed by atoms with Gasteiger partial charge in [0.2, 0.25) is 0 Å². The van der Waals surface area contributed by atoms with Gasteiger partial charge in [-0.1, -0.05) is 0 Å². The van der Waals surface area contributed by atoms with Crippen LogP contribution in [0.3, 0.4) is 0 Å². The van der Waals surface area contributed by atoms with E-state index in [1.165, 1.54) is 14.2 Å². The molecular weight excluding hydrogens is 375 g/mol. The molecule has 0 aliphatic heterocycles. The average molecular weight is 392 g/mol. The first kappa shape index (κ1) is 16.9. The molecule has 0 aromatic heterocycles. The number of carbonyl (C=O) groups excluding carboxylic acids is 2. The van der Waals surface area contributed by atoms with Crippen molar-refractivity contribution in [2.45, 2.75) is 13.2 Å². The third-order valence-electron chi connectivity index (χ3n) is 2.60. The Hall–Kier alpha value is -1.19. The van der Waals surface area contributed by atoms with Crippen molar-refractivity contribution < 1.29 is 19.1 Å². The smallest absolute Gasteiger partial charge is 0.313 e. The van der Waals surface area contributed by atoms with Gasteiger partial charge in [0.25, 0.3) is 0 Å². The number of methoxy groups -OCH3 is 2. The molecule has 0 unspecified atom stereocenters. The first-order valence-corrected chi connectivity index (χ1v) is 6.96. The van der Waals surface area contributed by atoms with Crippen LogP contribution in [-0.4, -0.2) is 38.9 Å². The van der Waals surface area contributed by atoms with Crippen LogP contribution in [0, 0.1) is 10.5 Å². The number of amides is 2. The summed E-state index contributed by atoms with van der Waals surface area (Å²) in [6, 6.07) is 5.53. The molecule has 1 aromatic carbocycles. The fraction of sp³-hybridized carbons (Fsp3) is 0.385. The molecule has 1 rings (SSSR count). The minimum atomic E-state index is -0.734. The molecule has 7 heteroatoms. The molecule has 0 fully saturated rings. The van der Waals surface area contributed by atoms with Gasteiger partial charge in [-0.15, -0.1) is 0 Å². The Morgan fingerprint density at radius 2 is 1.90 bits per heavy atom. The SMILES string of the molecule is COC(CNC(=O)C(=O)Nc1ccc(I)cc1C)OC. The summed E-state index contributed by atoms with van der Waals surface area (Å²) in [7, 11) is 2.91. The average Bonchev–Trinajstić information content (AvgIpc) is 2.42. The van der Waals surface area contributed by atoms with Crippen LogP contribution in [0.15, 0.2) is 18.2 Å². The van der Waals surface area contributed by atoms with E-state index >= 15 is 0 Å². The fourth-order valence-corrected chi connectivity index (χ4v) is 2.11. The first-order valence-electron chi connectivity index (χ1n) is 5.88. The summed E-state index contributed by atoms with van der Waals surface area (Å²) in [5.41, 5.74) is 1.50. The van der Waals surface area contributed by atoms with E-state index in [4.69, 9.17) is 9.47 Å². The maximum absolute atomic E-state index is 11.7. The zero-order valence-corrected chi connectivity index (χ0v) is 13.7. The van der Waals surface area contributed by atoms with Crippen molar-refractivity contribution in [2.75, 3.05) is 26.1 Å². The molecule has 2 amide bonds. The van der Waals surface area contributed by atoms with Crippen molar-refractivity contribution in [1.29, 1.82) is 0 Å². The number of hydrogen-bond acceptors (Lipinski definition) is 4. The van der Waals surface area contributed by atoms with E-state index in [0.29, 0.717) is 5.69 Å². The lowest BCUT2D eigenvalue weighted by Gasteiger charge is -2.14. The molecule has 0 aliphatic rings. The van der Waals surface area contributed by atoms with E-state index < -0.39 is 18.1 Å². The Bertz CT molecular complexity index is 489. The molecular formula is C13H17IN2O4. The molecule has 2 N–H and O–H groups in total. The van der Waals surface area contributed by atoms with Crippen LogP contribution in [-0.2, 0) is 19.1 Å². The van der Waals surface area contributed by atoms with Crippen molar-refractivity contribution >= 4 is 40.1 Å². The molecule has 0 radical (unpaired) electrons. The van der Waals surface area contributed by atoms with Gasteiger partial charge in [-0.2, -0.15) is 0 Å². The summed E-state index contributed by atoms with van der Waals surface area (Å²) in [5.74, 6) is -1.46. The van der Waals surface area contributed by atoms with Gasteiger partial charge < -0.3 is 20.1 Å². The molecule has 20 heavy (non-hydrogen) atoms. The van der Waals surface area contributed by atoms with Crippen molar-refractivity contribution in [3.05, 3.63) is 27.3 Å². The van der Waals surface area contributed by atoms with Crippen LogP contribution >= 0.6 is 22.6 Å². The number of ether oxygens (including phenoxy) is 2. The highest BCUT2D eigenvalue weighted by atomic mass is 127. The molecule has 1 aromatic rings. The van der Waals surface area contributed by atoms with Crippen molar-refractivity contribution in [2.24, 2.45) is 0 Å². The van der Waals surface area contributed by atoms with Crippen LogP contribution in [0.25, 0.3) is 0 Å². The van der Waals surface area contributed by atoms with Crippen LogP contribution in [0.5, 0.6) is 0 Å². The second-order valence-corrected chi connectivity index (χ2v) is 5.27. The monoisotopic (exact) mass is 392 g/mol. The predicted octanol–water partition coefficient (Wildman–Crippen LogP) is 1.27. The fourth-order valence-electron chi connectivity index (χ4n) is 1.47. The lowest BCUT2D eigenvalue weighted by molar-refractivity contribution is -0.139. The molecule has 0 saturated heterocycles. The van der Waals surface area contributed by atoms with Gasteiger partial charge in [0, 0.05) is 23.5 Å². The predicted molar refractivity (Wildman–Crippen MR) is 83.3 cm³/mol. The van der Waals surface area contributed by atoms with E-state index in [9.17, 15) is 9.59 Å². The van der Waals surface area contributed by atoms with E-state index in [2.05, 4.69) is 33.2 Å². The first-order chi connectivity index (χ1) is 9.47. The Kier molecular flexibility index (Phi) is 6.89. The lowest BCUT2D eigenvalue weighted by atomic mass is 10.2. The van der Waals surface area contributed by atoms with Crippen molar-refractivity contribution in [3.8, 4) is 0 Å². The van der Waals surface area contributed by atoms with Gasteiger partial charge in [0.1, 0.15) is 0 Å². The normalized spacial score (nSPS) is 10.4. The van der Waals surface area contributed by atoms with Gasteiger partial charge >= 0.3 is 11.8 Å². The van der Waals surface area contributed by atoms with Crippen molar-refractivity contribution in [1.82, 2.24) is 5.32 Å². The highest BCUT2D eigenvalue weighted by molar-refractivity contribution is 14.1. The molecule has 6 nitrogen and oxygen atoms in total. The standard InChI is InChI=1S/C13H17IN2O4/c1-8-6-9(14)4-5-10(8)16-13(18)12(17)15-7-11(19-2)20-3/h4-6,11H,7H2,1-3H3,(H,15,17)(H,16,18). The Morgan fingerprint density at radius 1 is 1.25 bits per heavy atom. The third-order valence-corrected chi connectivity index (χ3v) is 3.27. The molecule has 110 valence electrons. The highest BCUT2D eigenvalue weighted by Crippen LogP contribution is 2.17. The van der Waals surface area contributed by atoms with E-state index in [-0.39, 0.29) is 6.54 Å². The largest absolute Gasteiger partial charge is 0.354 e. The zero-order chi connectivity index (χ0) is 15.1. The summed E-state index contributed by atoms with van der Waals surface area (Å²) < 4.78 is 10.9. The Balaban J connectivity index is 2.55. The minimum Gasteiger partial charge on any atom is -0.354 e. The maximum atomic E-state index is 11.7. The summed E-state index contributed by atoms with van der Waals surface area (Å²) in [5, 5.41) is 4.99. The number of aryl methyl sites for hydroxylation is 1. The van der Waals surface area contributed by atoms with Gasteiger partial charge in [-0.25, -0.2) is 0 Å². The Morgan fingerprint density at radius 3 is 2.45 bits per heavy atom. The molecule has 0 bridgehead atoms. The summed E-state index contributed by atoms with van der Waals surface area (Å²) in [6.45, 7) is 1.96. The van der Waals surface area contributed by atoms with E-state index in [1.54, 1.807) is 6.07 Å². The summed E-state index contributed by atoms with van der Waals surface area (Å²) in [6.07, 6.45) is -0.577. The number of hydrogen-bond donors (Lipinski definition) is 2. The van der Waals surface area contributed by atoms with Gasteiger partial charge in [-0.3, -0.25) is 9.59 Å². The molecule has 0 heterocycles. The zero-order valence-electron chi connectivity index (χ0n) is 11.5. The summed E-state index contributed by atoms with van der Waals surface area (Å²) in [4.78, 5) is 23.4. The van der Waals surface area contributed by atoms with Gasteiger partial charge in [0.05, 0.1) is 6.54 Å². The maximum Gasteiger partial charge on any atom is 0.313 e. The second kappa shape index (κ2) is 8.18. The van der Waals surface area contributed by atoms with Crippen LogP contribution in [0.4, 0.5) is 5.69 Å². The topological polar surface area (TPSA) is 76.7 Å². The quantitative estimate of drug-likeness (QED) is 0.450. The number of benzene rings is 1. The van der Waals surface area contributed by atoms with Gasteiger partial charge in [-0.05, 0) is 53.3 Å². The highest BCUT2D eigenvalue weighted by Gasteiger charge is 2.16. The van der Waals surface area contributed by atoms with Gasteiger partial charge in [0.15, 0.2) is 6.29 Å². The second-order valence-electron chi connectivity index (χ2n) is 4.02. The third kappa shape index (κ3) is 5.06. The molecule has 0 spiro atoms. The van der Waals surface area contributed by atoms with Crippen LogP contribution < -0.4 is 10.6 Å². The molecule has 0 atom stereocenters. The number of rotatable bonds is 5. The Labute approximate surface area is 131 Å². The number of anilines is 1. The van der Waals surface area contributed by atoms with Crippen molar-refractivity contribution in [3.63, 3.8) is 0 Å². The number of carbonyl (C=O) groups is 2. The molecule has 0 saturated carbocycles. The number of nitrogens with one attached hydrogen (secondary N) is 2. The summed E-state index contributed by atoms with van der Waals surface area (Å²) >= 11 is 2.18. The molecule has 0 aliphatic carbocycles. The van der Waals surface area contributed by atoms with Crippen LogP contribution in [0.2, 0.25) is 0 Å². The number of halogens is 1. The minimum absolute atomic E-state index is 0.102.